The van der Waals surface area contributed by atoms with Gasteiger partial charge in [0.15, 0.2) is 11.5 Å². The molecule has 160 valence electrons. The van der Waals surface area contributed by atoms with Crippen LogP contribution in [0.2, 0.25) is 0 Å². The molecule has 0 radical (unpaired) electrons. The Balaban J connectivity index is 1.78. The summed E-state index contributed by atoms with van der Waals surface area (Å²) in [7, 11) is 0. The van der Waals surface area contributed by atoms with Gasteiger partial charge in [-0.25, -0.2) is 0 Å². The van der Waals surface area contributed by atoms with E-state index in [4.69, 9.17) is 4.42 Å². The number of hydrogen-bond donors (Lipinski definition) is 1. The zero-order chi connectivity index (χ0) is 22.1. The molecular weight excluding hydrogens is 458 g/mol. The second-order valence-corrected chi connectivity index (χ2v) is 8.65. The number of ketones is 1. The summed E-state index contributed by atoms with van der Waals surface area (Å²) in [5, 5.41) is 11.5. The molecule has 0 bridgehead atoms. The summed E-state index contributed by atoms with van der Waals surface area (Å²) in [5.41, 5.74) is 2.61. The number of hydrogen-bond acceptors (Lipinski definition) is 4. The summed E-state index contributed by atoms with van der Waals surface area (Å²) >= 11 is 3.42. The smallest absolute Gasteiger partial charge is 0.290 e. The maximum atomic E-state index is 13.5. The number of unbranched alkanes of at least 4 members (excludes halogenated alkanes) is 1. The number of fused-ring (bicyclic) bond motifs is 1. The van der Waals surface area contributed by atoms with Crippen molar-refractivity contribution < 1.29 is 19.1 Å². The summed E-state index contributed by atoms with van der Waals surface area (Å²) in [6.45, 7) is 4.57. The molecule has 0 spiro atoms. The Morgan fingerprint density at radius 2 is 1.87 bits per heavy atom. The number of carbonyl (C=O) groups is 2. The first kappa shape index (κ1) is 21.4. The second kappa shape index (κ2) is 8.71. The van der Waals surface area contributed by atoms with Crippen LogP contribution in [0.1, 0.15) is 54.4 Å². The number of benzene rings is 2. The molecule has 3 aromatic rings. The van der Waals surface area contributed by atoms with Gasteiger partial charge in [0.1, 0.15) is 5.58 Å². The van der Waals surface area contributed by atoms with Crippen molar-refractivity contribution in [1.82, 2.24) is 4.90 Å². The van der Waals surface area contributed by atoms with E-state index in [1.54, 1.807) is 17.0 Å². The first-order valence-corrected chi connectivity index (χ1v) is 11.3. The lowest BCUT2D eigenvalue weighted by Gasteiger charge is -2.26. The van der Waals surface area contributed by atoms with Crippen LogP contribution in [0, 0.1) is 0 Å². The number of Topliss-reactive ketones (excluding diaryl/α,β-unsaturated/α-hetero) is 1. The SMILES string of the molecule is CCCCN1C(=O)C(O)=C(C(=O)c2cc3cc(Br)ccc3o2)C1c1ccc(CC)cc1. The highest BCUT2D eigenvalue weighted by atomic mass is 79.9. The summed E-state index contributed by atoms with van der Waals surface area (Å²) in [4.78, 5) is 28.0. The van der Waals surface area contributed by atoms with Crippen LogP contribution in [0.3, 0.4) is 0 Å². The number of halogens is 1. The zero-order valence-electron chi connectivity index (χ0n) is 17.5. The Kier molecular flexibility index (Phi) is 6.01. The highest BCUT2D eigenvalue weighted by Gasteiger charge is 2.44. The van der Waals surface area contributed by atoms with Crippen molar-refractivity contribution >= 4 is 38.6 Å². The molecule has 2 heterocycles. The molecule has 1 N–H and O–H groups in total. The molecule has 5 nitrogen and oxygen atoms in total. The highest BCUT2D eigenvalue weighted by molar-refractivity contribution is 9.10. The van der Waals surface area contributed by atoms with Gasteiger partial charge < -0.3 is 14.4 Å². The molecule has 0 aliphatic carbocycles. The van der Waals surface area contributed by atoms with Gasteiger partial charge in [0.05, 0.1) is 11.6 Å². The van der Waals surface area contributed by atoms with E-state index in [-0.39, 0.29) is 11.3 Å². The molecular formula is C25H24BrNO4. The monoisotopic (exact) mass is 481 g/mol. The van der Waals surface area contributed by atoms with E-state index in [1.807, 2.05) is 43.3 Å². The van der Waals surface area contributed by atoms with Gasteiger partial charge in [0, 0.05) is 16.4 Å². The van der Waals surface area contributed by atoms with E-state index in [9.17, 15) is 14.7 Å². The fourth-order valence-electron chi connectivity index (χ4n) is 3.99. The Labute approximate surface area is 189 Å². The summed E-state index contributed by atoms with van der Waals surface area (Å²) < 4.78 is 6.65. The average Bonchev–Trinajstić information content (AvgIpc) is 3.30. The van der Waals surface area contributed by atoms with Gasteiger partial charge in [-0.2, -0.15) is 0 Å². The van der Waals surface area contributed by atoms with Crippen molar-refractivity contribution in [3.8, 4) is 0 Å². The first-order valence-electron chi connectivity index (χ1n) is 10.5. The van der Waals surface area contributed by atoms with E-state index < -0.39 is 23.5 Å². The predicted octanol–water partition coefficient (Wildman–Crippen LogP) is 6.14. The standard InChI is InChI=1S/C25H24BrNO4/c1-3-5-12-27-22(16-8-6-15(4-2)7-9-16)21(24(29)25(27)30)23(28)20-14-17-13-18(26)10-11-19(17)31-20/h6-11,13-14,22,29H,3-5,12H2,1-2H3. The van der Waals surface area contributed by atoms with Gasteiger partial charge in [-0.3, -0.25) is 9.59 Å². The molecule has 1 aliphatic heterocycles. The molecule has 1 unspecified atom stereocenters. The molecule has 0 fully saturated rings. The second-order valence-electron chi connectivity index (χ2n) is 7.73. The van der Waals surface area contributed by atoms with Crippen LogP contribution < -0.4 is 0 Å². The van der Waals surface area contributed by atoms with Crippen LogP contribution in [-0.2, 0) is 11.2 Å². The number of rotatable bonds is 7. The maximum absolute atomic E-state index is 13.5. The predicted molar refractivity (Wildman–Crippen MR) is 123 cm³/mol. The molecule has 0 saturated carbocycles. The lowest BCUT2D eigenvalue weighted by Crippen LogP contribution is -2.32. The number of furan rings is 1. The number of carbonyl (C=O) groups excluding carboxylic acids is 2. The third-order valence-corrected chi connectivity index (χ3v) is 6.20. The largest absolute Gasteiger partial charge is 0.503 e. The van der Waals surface area contributed by atoms with Gasteiger partial charge >= 0.3 is 0 Å². The molecule has 4 rings (SSSR count). The van der Waals surface area contributed by atoms with Crippen LogP contribution in [0.15, 0.2) is 68.8 Å². The van der Waals surface area contributed by atoms with Crippen molar-refractivity contribution in [2.45, 2.75) is 39.2 Å². The van der Waals surface area contributed by atoms with Crippen molar-refractivity contribution in [3.05, 3.63) is 81.2 Å². The van der Waals surface area contributed by atoms with Crippen LogP contribution in [0.5, 0.6) is 0 Å². The van der Waals surface area contributed by atoms with Crippen LogP contribution in [0.25, 0.3) is 11.0 Å². The zero-order valence-corrected chi connectivity index (χ0v) is 19.1. The number of aliphatic hydroxyl groups is 1. The topological polar surface area (TPSA) is 70.8 Å². The number of aryl methyl sites for hydroxylation is 1. The lowest BCUT2D eigenvalue weighted by atomic mass is 9.94. The van der Waals surface area contributed by atoms with E-state index in [0.717, 1.165) is 40.2 Å². The Morgan fingerprint density at radius 1 is 1.13 bits per heavy atom. The van der Waals surface area contributed by atoms with Gasteiger partial charge in [0.2, 0.25) is 5.78 Å². The van der Waals surface area contributed by atoms with Gasteiger partial charge in [-0.05, 0) is 48.2 Å². The molecule has 1 aromatic heterocycles. The van der Waals surface area contributed by atoms with Crippen molar-refractivity contribution in [1.29, 1.82) is 0 Å². The molecule has 31 heavy (non-hydrogen) atoms. The molecule has 6 heteroatoms. The van der Waals surface area contributed by atoms with Crippen molar-refractivity contribution in [2.75, 3.05) is 6.54 Å². The van der Waals surface area contributed by atoms with Crippen LogP contribution >= 0.6 is 15.9 Å². The van der Waals surface area contributed by atoms with E-state index in [0.29, 0.717) is 12.1 Å². The van der Waals surface area contributed by atoms with E-state index >= 15 is 0 Å². The number of amides is 1. The molecule has 2 aromatic carbocycles. The third kappa shape index (κ3) is 3.92. The molecule has 1 aliphatic rings. The normalized spacial score (nSPS) is 16.5. The van der Waals surface area contributed by atoms with Gasteiger partial charge in [0.25, 0.3) is 5.91 Å². The fourth-order valence-corrected chi connectivity index (χ4v) is 4.36. The molecule has 1 amide bonds. The Bertz CT molecular complexity index is 1180. The Morgan fingerprint density at radius 3 is 2.55 bits per heavy atom. The molecule has 0 saturated heterocycles. The van der Waals surface area contributed by atoms with Gasteiger partial charge in [-0.15, -0.1) is 0 Å². The van der Waals surface area contributed by atoms with Crippen LogP contribution in [0.4, 0.5) is 0 Å². The highest BCUT2D eigenvalue weighted by Crippen LogP contribution is 2.40. The third-order valence-electron chi connectivity index (χ3n) is 5.71. The average molecular weight is 482 g/mol. The summed E-state index contributed by atoms with van der Waals surface area (Å²) in [6.07, 6.45) is 2.57. The van der Waals surface area contributed by atoms with Crippen molar-refractivity contribution in [3.63, 3.8) is 0 Å². The first-order chi connectivity index (χ1) is 14.9. The minimum atomic E-state index is -0.641. The maximum Gasteiger partial charge on any atom is 0.290 e. The number of nitrogens with zero attached hydrogens (tertiary/aromatic N) is 1. The Hall–Kier alpha value is -2.86. The quantitative estimate of drug-likeness (QED) is 0.411. The van der Waals surface area contributed by atoms with Crippen molar-refractivity contribution in [2.24, 2.45) is 0 Å². The number of aliphatic hydroxyl groups excluding tert-OH is 1. The molecule has 1 atom stereocenters. The lowest BCUT2D eigenvalue weighted by molar-refractivity contribution is -0.129. The summed E-state index contributed by atoms with van der Waals surface area (Å²) in [5.74, 6) is -1.37. The van der Waals surface area contributed by atoms with E-state index in [1.165, 1.54) is 0 Å². The van der Waals surface area contributed by atoms with Gasteiger partial charge in [-0.1, -0.05) is 60.5 Å². The summed E-state index contributed by atoms with van der Waals surface area (Å²) in [6, 6.07) is 14.3. The van der Waals surface area contributed by atoms with Crippen LogP contribution in [-0.4, -0.2) is 28.2 Å². The fraction of sp³-hybridized carbons (Fsp3) is 0.280. The minimum Gasteiger partial charge on any atom is -0.503 e. The minimum absolute atomic E-state index is 0.0727. The van der Waals surface area contributed by atoms with E-state index in [2.05, 4.69) is 22.9 Å².